The molecule has 3 heterocycles. The fourth-order valence-electron chi connectivity index (χ4n) is 5.05. The van der Waals surface area contributed by atoms with Crippen molar-refractivity contribution in [3.63, 3.8) is 0 Å². The lowest BCUT2D eigenvalue weighted by atomic mass is 9.91. The molecule has 4 aromatic rings. The highest BCUT2D eigenvalue weighted by Crippen LogP contribution is 2.37. The molecule has 5 rings (SSSR count). The molecule has 36 heavy (non-hydrogen) atoms. The molecule has 1 aliphatic carbocycles. The van der Waals surface area contributed by atoms with Crippen molar-refractivity contribution in [2.75, 3.05) is 0 Å². The summed E-state index contributed by atoms with van der Waals surface area (Å²) in [6.07, 6.45) is 4.60. The summed E-state index contributed by atoms with van der Waals surface area (Å²) in [7, 11) is -3.87. The lowest BCUT2D eigenvalue weighted by molar-refractivity contribution is 0.0488. The van der Waals surface area contributed by atoms with Crippen LogP contribution in [0.2, 0.25) is 0 Å². The van der Waals surface area contributed by atoms with Gasteiger partial charge in [0.1, 0.15) is 22.6 Å². The first kappa shape index (κ1) is 24.3. The summed E-state index contributed by atoms with van der Waals surface area (Å²) in [6.45, 7) is 7.44. The van der Waals surface area contributed by atoms with E-state index in [9.17, 15) is 13.2 Å². The highest BCUT2D eigenvalue weighted by Gasteiger charge is 2.31. The summed E-state index contributed by atoms with van der Waals surface area (Å²) in [5.41, 5.74) is 1.13. The molecule has 0 spiro atoms. The Labute approximate surface area is 210 Å². The average molecular weight is 510 g/mol. The summed E-state index contributed by atoms with van der Waals surface area (Å²) in [5.74, 6) is 0.744. The molecule has 0 atom stereocenters. The van der Waals surface area contributed by atoms with Gasteiger partial charge >= 0.3 is 6.09 Å². The zero-order valence-electron chi connectivity index (χ0n) is 20.9. The predicted octanol–water partition coefficient (Wildman–Crippen LogP) is 5.06. The van der Waals surface area contributed by atoms with Gasteiger partial charge in [-0.2, -0.15) is 0 Å². The summed E-state index contributed by atoms with van der Waals surface area (Å²) < 4.78 is 34.7. The Morgan fingerprint density at radius 3 is 2.44 bits per heavy atom. The van der Waals surface area contributed by atoms with E-state index in [0.29, 0.717) is 11.2 Å². The van der Waals surface area contributed by atoms with Gasteiger partial charge in [0.25, 0.3) is 0 Å². The number of sulfone groups is 1. The number of rotatable bonds is 4. The largest absolute Gasteiger partial charge is 0.444 e. The maximum absolute atomic E-state index is 13.6. The first-order chi connectivity index (χ1) is 17.0. The second-order valence-electron chi connectivity index (χ2n) is 10.4. The van der Waals surface area contributed by atoms with Crippen molar-refractivity contribution in [2.24, 2.45) is 0 Å². The SMILES string of the molecule is Cc1nc2c(S(=O)(=O)c3ccccc3)nc3[nH]ccc3c2n1C1CCC(NC(=O)OC(C)(C)C)CC1. The Morgan fingerprint density at radius 2 is 1.78 bits per heavy atom. The molecular weight excluding hydrogens is 478 g/mol. The van der Waals surface area contributed by atoms with E-state index in [1.807, 2.05) is 33.8 Å². The molecule has 1 saturated carbocycles. The Hall–Kier alpha value is -3.40. The molecule has 1 aliphatic rings. The van der Waals surface area contributed by atoms with E-state index in [-0.39, 0.29) is 22.0 Å². The number of fused-ring (bicyclic) bond motifs is 3. The number of H-pyrrole nitrogens is 1. The molecule has 0 saturated heterocycles. The number of pyridine rings is 1. The predicted molar refractivity (Wildman–Crippen MR) is 137 cm³/mol. The molecule has 1 aromatic carbocycles. The molecular formula is C26H31N5O4S. The van der Waals surface area contributed by atoms with Gasteiger partial charge in [-0.1, -0.05) is 18.2 Å². The average Bonchev–Trinajstić information content (AvgIpc) is 3.42. The van der Waals surface area contributed by atoms with Gasteiger partial charge in [-0.3, -0.25) is 0 Å². The summed E-state index contributed by atoms with van der Waals surface area (Å²) >= 11 is 0. The number of aromatic amines is 1. The molecule has 1 fully saturated rings. The Kier molecular flexibility index (Phi) is 6.02. The lowest BCUT2D eigenvalue weighted by Gasteiger charge is -2.31. The molecule has 2 N–H and O–H groups in total. The molecule has 3 aromatic heterocycles. The van der Waals surface area contributed by atoms with E-state index in [1.54, 1.807) is 36.5 Å². The first-order valence-corrected chi connectivity index (χ1v) is 13.7. The van der Waals surface area contributed by atoms with E-state index in [1.165, 1.54) is 0 Å². The molecule has 0 unspecified atom stereocenters. The third kappa shape index (κ3) is 4.45. The number of nitrogens with one attached hydrogen (secondary N) is 2. The molecule has 1 amide bonds. The minimum Gasteiger partial charge on any atom is -0.444 e. The first-order valence-electron chi connectivity index (χ1n) is 12.2. The smallest absolute Gasteiger partial charge is 0.407 e. The topological polar surface area (TPSA) is 119 Å². The van der Waals surface area contributed by atoms with E-state index in [4.69, 9.17) is 9.72 Å². The van der Waals surface area contributed by atoms with Crippen LogP contribution < -0.4 is 5.32 Å². The van der Waals surface area contributed by atoms with Crippen molar-refractivity contribution in [2.45, 2.75) is 81.0 Å². The van der Waals surface area contributed by atoms with Crippen LogP contribution in [0.15, 0.2) is 52.5 Å². The Balaban J connectivity index is 1.50. The van der Waals surface area contributed by atoms with Gasteiger partial charge in [0.05, 0.1) is 10.4 Å². The quantitative estimate of drug-likeness (QED) is 0.397. The van der Waals surface area contributed by atoms with Crippen LogP contribution in [0.4, 0.5) is 4.79 Å². The number of ether oxygens (including phenoxy) is 1. The molecule has 0 radical (unpaired) electrons. The van der Waals surface area contributed by atoms with Crippen molar-refractivity contribution < 1.29 is 17.9 Å². The lowest BCUT2D eigenvalue weighted by Crippen LogP contribution is -2.41. The van der Waals surface area contributed by atoms with Gasteiger partial charge in [-0.05, 0) is 71.6 Å². The number of amides is 1. The van der Waals surface area contributed by atoms with Gasteiger partial charge in [-0.15, -0.1) is 0 Å². The van der Waals surface area contributed by atoms with E-state index in [0.717, 1.165) is 42.4 Å². The van der Waals surface area contributed by atoms with Crippen LogP contribution in [0.1, 0.15) is 58.3 Å². The minimum absolute atomic E-state index is 0.0363. The third-order valence-electron chi connectivity index (χ3n) is 6.57. The number of hydrogen-bond donors (Lipinski definition) is 2. The number of carbonyl (C=O) groups excluding carboxylic acids is 1. The normalized spacial score (nSPS) is 19.0. The zero-order chi connectivity index (χ0) is 25.7. The van der Waals surface area contributed by atoms with Crippen molar-refractivity contribution in [1.29, 1.82) is 0 Å². The summed E-state index contributed by atoms with van der Waals surface area (Å²) in [5, 5.41) is 3.78. The van der Waals surface area contributed by atoms with Crippen LogP contribution in [-0.2, 0) is 14.6 Å². The molecule has 0 aliphatic heterocycles. The molecule has 9 nitrogen and oxygen atoms in total. The molecule has 190 valence electrons. The zero-order valence-corrected chi connectivity index (χ0v) is 21.7. The van der Waals surface area contributed by atoms with Crippen molar-refractivity contribution in [3.05, 3.63) is 48.4 Å². The van der Waals surface area contributed by atoms with E-state index < -0.39 is 21.5 Å². The number of carbonyl (C=O) groups is 1. The monoisotopic (exact) mass is 509 g/mol. The maximum atomic E-state index is 13.6. The number of alkyl carbamates (subject to hydrolysis) is 1. The Bertz CT molecular complexity index is 1530. The van der Waals surface area contributed by atoms with Gasteiger partial charge in [0, 0.05) is 23.7 Å². The molecule has 0 bridgehead atoms. The highest BCUT2D eigenvalue weighted by atomic mass is 32.2. The summed E-state index contributed by atoms with van der Waals surface area (Å²) in [6, 6.07) is 10.4. The van der Waals surface area contributed by atoms with E-state index >= 15 is 0 Å². The maximum Gasteiger partial charge on any atom is 0.407 e. The van der Waals surface area contributed by atoms with Crippen LogP contribution in [0, 0.1) is 6.92 Å². The number of aryl methyl sites for hydroxylation is 1. The highest BCUT2D eigenvalue weighted by molar-refractivity contribution is 7.91. The molecule has 10 heteroatoms. The van der Waals surface area contributed by atoms with Gasteiger partial charge in [-0.25, -0.2) is 23.2 Å². The van der Waals surface area contributed by atoms with E-state index in [2.05, 4.69) is 19.9 Å². The van der Waals surface area contributed by atoms with Crippen LogP contribution in [0.3, 0.4) is 0 Å². The van der Waals surface area contributed by atoms with Crippen molar-refractivity contribution in [1.82, 2.24) is 24.8 Å². The van der Waals surface area contributed by atoms with Crippen molar-refractivity contribution >= 4 is 38.0 Å². The fourth-order valence-corrected chi connectivity index (χ4v) is 6.39. The second-order valence-corrected chi connectivity index (χ2v) is 12.2. The van der Waals surface area contributed by atoms with Crippen LogP contribution >= 0.6 is 0 Å². The van der Waals surface area contributed by atoms with Crippen LogP contribution in [0.5, 0.6) is 0 Å². The minimum atomic E-state index is -3.87. The fraction of sp³-hybridized carbons (Fsp3) is 0.423. The van der Waals surface area contributed by atoms with Gasteiger partial charge in [0.15, 0.2) is 5.03 Å². The van der Waals surface area contributed by atoms with Gasteiger partial charge < -0.3 is 19.6 Å². The van der Waals surface area contributed by atoms with Crippen molar-refractivity contribution in [3.8, 4) is 0 Å². The second kappa shape index (κ2) is 8.92. The number of imidazole rings is 1. The van der Waals surface area contributed by atoms with Crippen LogP contribution in [0.25, 0.3) is 22.1 Å². The Morgan fingerprint density at radius 1 is 1.08 bits per heavy atom. The number of aromatic nitrogens is 4. The van der Waals surface area contributed by atoms with Crippen LogP contribution in [-0.4, -0.2) is 45.7 Å². The van der Waals surface area contributed by atoms with Gasteiger partial charge in [0.2, 0.25) is 9.84 Å². The number of benzene rings is 1. The standard InChI is InChI=1S/C26H31N5O4S/c1-16-28-21-22(31(16)18-12-10-17(11-13-18)29-25(32)35-26(2,3)4)20-14-15-27-23(20)30-24(21)36(33,34)19-8-6-5-7-9-19/h5-9,14-15,17-18H,10-13H2,1-4H3,(H,27,30)(H,29,32). The third-order valence-corrected chi connectivity index (χ3v) is 8.26. The number of nitrogens with zero attached hydrogens (tertiary/aromatic N) is 3. The number of hydrogen-bond acceptors (Lipinski definition) is 6. The summed E-state index contributed by atoms with van der Waals surface area (Å²) in [4.78, 5) is 24.7.